The van der Waals surface area contributed by atoms with E-state index in [1.54, 1.807) is 36.2 Å². The fourth-order valence-corrected chi connectivity index (χ4v) is 4.60. The zero-order valence-corrected chi connectivity index (χ0v) is 19.3. The zero-order valence-electron chi connectivity index (χ0n) is 19.3. The molecule has 34 heavy (non-hydrogen) atoms. The van der Waals surface area contributed by atoms with E-state index in [2.05, 4.69) is 20.2 Å². The number of carbonyl (C=O) groups excluding carboxylic acids is 1. The molecule has 0 spiro atoms. The smallest absolute Gasteiger partial charge is 0.354 e. The third-order valence-corrected chi connectivity index (χ3v) is 6.16. The van der Waals surface area contributed by atoms with Gasteiger partial charge in [-0.1, -0.05) is 0 Å². The van der Waals surface area contributed by atoms with Crippen molar-refractivity contribution in [2.75, 3.05) is 41.4 Å². The number of fused-ring (bicyclic) bond motifs is 4. The maximum Gasteiger partial charge on any atom is 0.354 e. The summed E-state index contributed by atoms with van der Waals surface area (Å²) in [4.78, 5) is 37.2. The number of aryl methyl sites for hydroxylation is 1. The highest BCUT2D eigenvalue weighted by atomic mass is 16.7. The van der Waals surface area contributed by atoms with E-state index in [1.165, 1.54) is 0 Å². The number of carbonyl (C=O) groups is 2. The highest BCUT2D eigenvalue weighted by molar-refractivity contribution is 6.05. The molecule has 2 aromatic heterocycles. The van der Waals surface area contributed by atoms with Crippen LogP contribution in [0, 0.1) is 6.92 Å². The fraction of sp³-hybridized carbons (Fsp3) is 0.478. The molecule has 2 N–H and O–H groups in total. The molecule has 0 radical (unpaired) electrons. The van der Waals surface area contributed by atoms with Crippen molar-refractivity contribution >= 4 is 29.3 Å². The molecule has 3 aliphatic heterocycles. The van der Waals surface area contributed by atoms with E-state index in [4.69, 9.17) is 14.2 Å². The Morgan fingerprint density at radius 3 is 2.91 bits per heavy atom. The highest BCUT2D eigenvalue weighted by Crippen LogP contribution is 2.40. The Morgan fingerprint density at radius 1 is 1.35 bits per heavy atom. The van der Waals surface area contributed by atoms with E-state index in [1.807, 2.05) is 13.8 Å². The number of aromatic carboxylic acids is 1. The first-order chi connectivity index (χ1) is 16.2. The van der Waals surface area contributed by atoms with Gasteiger partial charge in [-0.25, -0.2) is 19.6 Å². The van der Waals surface area contributed by atoms with E-state index < -0.39 is 17.8 Å². The van der Waals surface area contributed by atoms with Crippen molar-refractivity contribution in [1.29, 1.82) is 0 Å². The molecule has 11 nitrogen and oxygen atoms in total. The van der Waals surface area contributed by atoms with Crippen LogP contribution in [0.1, 0.15) is 36.3 Å². The Bertz CT molecular complexity index is 1140. The molecule has 5 rings (SSSR count). The maximum absolute atomic E-state index is 13.3. The average Bonchev–Trinajstić information content (AvgIpc) is 3.36. The number of nitrogens with zero attached hydrogens (tertiary/aromatic N) is 4. The highest BCUT2D eigenvalue weighted by Gasteiger charge is 2.41. The van der Waals surface area contributed by atoms with Crippen LogP contribution >= 0.6 is 0 Å². The second kappa shape index (κ2) is 8.41. The number of carboxylic acids is 1. The quantitative estimate of drug-likeness (QED) is 0.679. The normalized spacial score (nSPS) is 22.4. The van der Waals surface area contributed by atoms with Gasteiger partial charge in [-0.15, -0.1) is 0 Å². The van der Waals surface area contributed by atoms with Gasteiger partial charge in [-0.3, -0.25) is 10.2 Å². The van der Waals surface area contributed by atoms with Crippen LogP contribution in [0.5, 0.6) is 5.75 Å². The predicted molar refractivity (Wildman–Crippen MR) is 123 cm³/mol. The Hall–Kier alpha value is -3.44. The molecule has 2 aromatic rings. The summed E-state index contributed by atoms with van der Waals surface area (Å²) in [6.45, 7) is 7.61. The summed E-state index contributed by atoms with van der Waals surface area (Å²) in [5.41, 5.74) is 1.26. The van der Waals surface area contributed by atoms with Crippen molar-refractivity contribution in [3.63, 3.8) is 0 Å². The number of pyridine rings is 2. The largest absolute Gasteiger partial charge is 0.491 e. The van der Waals surface area contributed by atoms with Crippen LogP contribution in [0.3, 0.4) is 0 Å². The molecule has 0 aliphatic carbocycles. The van der Waals surface area contributed by atoms with E-state index >= 15 is 0 Å². The molecule has 1 unspecified atom stereocenters. The molecule has 180 valence electrons. The van der Waals surface area contributed by atoms with Gasteiger partial charge in [-0.05, 0) is 44.9 Å². The van der Waals surface area contributed by atoms with Gasteiger partial charge in [-0.2, -0.15) is 0 Å². The van der Waals surface area contributed by atoms with Crippen LogP contribution in [-0.4, -0.2) is 71.3 Å². The van der Waals surface area contributed by atoms with Crippen molar-refractivity contribution in [3.8, 4) is 5.75 Å². The summed E-state index contributed by atoms with van der Waals surface area (Å²) in [5.74, 6) is -0.549. The summed E-state index contributed by atoms with van der Waals surface area (Å²) < 4.78 is 17.1. The van der Waals surface area contributed by atoms with Crippen LogP contribution in [-0.2, 0) is 9.47 Å². The van der Waals surface area contributed by atoms with E-state index in [0.717, 1.165) is 18.7 Å². The first-order valence-corrected chi connectivity index (χ1v) is 11.2. The summed E-state index contributed by atoms with van der Waals surface area (Å²) in [7, 11) is 0. The third kappa shape index (κ3) is 4.24. The number of nitrogens with one attached hydrogen (secondary N) is 1. The number of carboxylic acid groups (broad SMARTS) is 1. The lowest BCUT2D eigenvalue weighted by Gasteiger charge is -2.36. The standard InChI is InChI=1S/C23H27N5O6/c1-13-8-17-20(26-19(13)21(29)30)28(14-5-7-27(17)10-14)22(31)25-18-9-15(4-6-24-18)32-11-16-12-33-23(2,3)34-16/h4,6,8-9,14,16H,5,7,10-12H2,1-3H3,(H,29,30)(H,24,25,31)/t14-,16?/m0/s1. The summed E-state index contributed by atoms with van der Waals surface area (Å²) in [5, 5.41) is 12.3. The second-order valence-corrected chi connectivity index (χ2v) is 9.13. The van der Waals surface area contributed by atoms with Crippen LogP contribution in [0.15, 0.2) is 24.4 Å². The zero-order chi connectivity index (χ0) is 24.0. The first kappa shape index (κ1) is 22.4. The lowest BCUT2D eigenvalue weighted by molar-refractivity contribution is -0.141. The third-order valence-electron chi connectivity index (χ3n) is 6.16. The van der Waals surface area contributed by atoms with Crippen LogP contribution in [0.25, 0.3) is 0 Å². The van der Waals surface area contributed by atoms with Crippen LogP contribution in [0.4, 0.5) is 22.1 Å². The number of aromatic nitrogens is 2. The van der Waals surface area contributed by atoms with Crippen molar-refractivity contribution in [2.24, 2.45) is 0 Å². The minimum Gasteiger partial charge on any atom is -0.491 e. The predicted octanol–water partition coefficient (Wildman–Crippen LogP) is 2.64. The molecule has 2 amide bonds. The lowest BCUT2D eigenvalue weighted by Crippen LogP contribution is -2.48. The number of rotatable bonds is 5. The van der Waals surface area contributed by atoms with Crippen molar-refractivity contribution < 1.29 is 28.9 Å². The average molecular weight is 469 g/mol. The Kier molecular flexibility index (Phi) is 5.53. The minimum absolute atomic E-state index is 0.0612. The summed E-state index contributed by atoms with van der Waals surface area (Å²) in [6, 6.07) is 4.60. The van der Waals surface area contributed by atoms with E-state index in [9.17, 15) is 14.7 Å². The van der Waals surface area contributed by atoms with Crippen molar-refractivity contribution in [2.45, 2.75) is 45.1 Å². The lowest BCUT2D eigenvalue weighted by atomic mass is 10.1. The molecule has 3 aliphatic rings. The number of urea groups is 1. The van der Waals surface area contributed by atoms with Gasteiger partial charge in [0.2, 0.25) is 0 Å². The number of hydrogen-bond donors (Lipinski definition) is 2. The molecule has 2 saturated heterocycles. The SMILES string of the molecule is Cc1cc2c(nc1C(=O)O)N(C(=O)Nc1cc(OCC3COC(C)(C)O3)ccn1)[C@H]1CCN2C1. The molecule has 5 heterocycles. The van der Waals surface area contributed by atoms with Gasteiger partial charge >= 0.3 is 12.0 Å². The Morgan fingerprint density at radius 2 is 2.18 bits per heavy atom. The number of anilines is 3. The molecule has 11 heteroatoms. The van der Waals surface area contributed by atoms with Crippen molar-refractivity contribution in [3.05, 3.63) is 35.7 Å². The molecule has 2 bridgehead atoms. The topological polar surface area (TPSA) is 126 Å². The van der Waals surface area contributed by atoms with Gasteiger partial charge in [0.05, 0.1) is 18.3 Å². The number of amides is 2. The van der Waals surface area contributed by atoms with E-state index in [-0.39, 0.29) is 17.8 Å². The van der Waals surface area contributed by atoms with Gasteiger partial charge < -0.3 is 24.2 Å². The molecular formula is C23H27N5O6. The van der Waals surface area contributed by atoms with Crippen LogP contribution < -0.4 is 19.9 Å². The first-order valence-electron chi connectivity index (χ1n) is 11.2. The van der Waals surface area contributed by atoms with Crippen LogP contribution in [0.2, 0.25) is 0 Å². The van der Waals surface area contributed by atoms with E-state index in [0.29, 0.717) is 42.7 Å². The summed E-state index contributed by atoms with van der Waals surface area (Å²) in [6.07, 6.45) is 2.13. The molecule has 0 saturated carbocycles. The molecule has 2 fully saturated rings. The Labute approximate surface area is 196 Å². The number of ether oxygens (including phenoxy) is 3. The molecular weight excluding hydrogens is 442 g/mol. The van der Waals surface area contributed by atoms with Gasteiger partial charge in [0, 0.05) is 25.4 Å². The monoisotopic (exact) mass is 469 g/mol. The second-order valence-electron chi connectivity index (χ2n) is 9.13. The number of hydrogen-bond acceptors (Lipinski definition) is 8. The summed E-state index contributed by atoms with van der Waals surface area (Å²) >= 11 is 0. The van der Waals surface area contributed by atoms with Crippen molar-refractivity contribution in [1.82, 2.24) is 9.97 Å². The van der Waals surface area contributed by atoms with Gasteiger partial charge in [0.1, 0.15) is 24.3 Å². The Balaban J connectivity index is 1.33. The molecule has 0 aromatic carbocycles. The fourth-order valence-electron chi connectivity index (χ4n) is 4.60. The molecule has 2 atom stereocenters. The van der Waals surface area contributed by atoms with Gasteiger partial charge in [0.25, 0.3) is 0 Å². The minimum atomic E-state index is -1.12. The maximum atomic E-state index is 13.3. The van der Waals surface area contributed by atoms with Gasteiger partial charge in [0.15, 0.2) is 17.3 Å².